The highest BCUT2D eigenvalue weighted by molar-refractivity contribution is 6.19. The molecule has 5 rings (SSSR count). The van der Waals surface area contributed by atoms with E-state index in [0.29, 0.717) is 12.0 Å². The molecule has 4 aliphatic rings. The maximum atomic E-state index is 14.2. The van der Waals surface area contributed by atoms with Crippen LogP contribution in [0.3, 0.4) is 0 Å². The van der Waals surface area contributed by atoms with Crippen molar-refractivity contribution in [1.82, 2.24) is 0 Å². The van der Waals surface area contributed by atoms with E-state index >= 15 is 0 Å². The second kappa shape index (κ2) is 9.96. The fourth-order valence-corrected chi connectivity index (χ4v) is 9.58. The Bertz CT molecular complexity index is 1660. The summed E-state index contributed by atoms with van der Waals surface area (Å²) in [5, 5.41) is 36.6. The number of hydrogen-bond acceptors (Lipinski definition) is 8. The highest BCUT2D eigenvalue weighted by Gasteiger charge is 2.74. The Labute approximate surface area is 279 Å². The molecule has 0 radical (unpaired) electrons. The third kappa shape index (κ3) is 4.25. The minimum Gasteiger partial charge on any atom is -0.511 e. The molecule has 1 saturated carbocycles. The second-order valence-corrected chi connectivity index (χ2v) is 17.9. The van der Waals surface area contributed by atoms with Crippen LogP contribution in [0.5, 0.6) is 17.2 Å². The van der Waals surface area contributed by atoms with Crippen LogP contribution in [0.2, 0.25) is 0 Å². The first-order chi connectivity index (χ1) is 21.1. The lowest BCUT2D eigenvalue weighted by Gasteiger charge is -2.62. The van der Waals surface area contributed by atoms with E-state index in [0.717, 1.165) is 5.57 Å². The zero-order chi connectivity index (χ0) is 35.9. The van der Waals surface area contributed by atoms with Crippen molar-refractivity contribution < 1.29 is 39.2 Å². The summed E-state index contributed by atoms with van der Waals surface area (Å²) in [5.74, 6) is -6.53. The van der Waals surface area contributed by atoms with Crippen LogP contribution in [0.25, 0.3) is 0 Å². The van der Waals surface area contributed by atoms with Crippen LogP contribution in [0.1, 0.15) is 137 Å². The van der Waals surface area contributed by atoms with Gasteiger partial charge in [0, 0.05) is 40.4 Å². The molecule has 2 heterocycles. The molecule has 258 valence electrons. The summed E-state index contributed by atoms with van der Waals surface area (Å²) in [7, 11) is 0. The van der Waals surface area contributed by atoms with E-state index in [-0.39, 0.29) is 34.1 Å². The number of ether oxygens (including phenoxy) is 2. The van der Waals surface area contributed by atoms with E-state index < -0.39 is 85.6 Å². The summed E-state index contributed by atoms with van der Waals surface area (Å²) in [6.07, 6.45) is 0.600. The summed E-state index contributed by atoms with van der Waals surface area (Å²) in [6.45, 7) is 30.1. The van der Waals surface area contributed by atoms with Gasteiger partial charge in [-0.3, -0.25) is 14.4 Å². The van der Waals surface area contributed by atoms with Crippen LogP contribution < -0.4 is 4.74 Å². The summed E-state index contributed by atoms with van der Waals surface area (Å²) in [5.41, 5.74) is -3.76. The van der Waals surface area contributed by atoms with Gasteiger partial charge in [-0.25, -0.2) is 0 Å². The van der Waals surface area contributed by atoms with Gasteiger partial charge in [0.25, 0.3) is 0 Å². The van der Waals surface area contributed by atoms with Gasteiger partial charge >= 0.3 is 0 Å². The van der Waals surface area contributed by atoms with Crippen molar-refractivity contribution in [2.24, 2.45) is 39.4 Å². The van der Waals surface area contributed by atoms with E-state index in [1.165, 1.54) is 13.8 Å². The lowest BCUT2D eigenvalue weighted by molar-refractivity contribution is -0.286. The van der Waals surface area contributed by atoms with Crippen LogP contribution in [-0.2, 0) is 14.3 Å². The Kier molecular flexibility index (Phi) is 7.46. The Hall–Kier alpha value is -3.13. The van der Waals surface area contributed by atoms with E-state index in [1.807, 2.05) is 41.5 Å². The molecular weight excluding hydrogens is 596 g/mol. The molecule has 1 unspecified atom stereocenters. The number of aliphatic hydroxyl groups excluding tert-OH is 1. The van der Waals surface area contributed by atoms with Crippen LogP contribution >= 0.6 is 0 Å². The highest BCUT2D eigenvalue weighted by Crippen LogP contribution is 2.74. The number of rotatable bonds is 5. The summed E-state index contributed by atoms with van der Waals surface area (Å²) >= 11 is 0. The number of aromatic hydroxyl groups is 2. The van der Waals surface area contributed by atoms with Gasteiger partial charge in [0.2, 0.25) is 5.79 Å². The lowest BCUT2D eigenvalue weighted by atomic mass is 9.47. The lowest BCUT2D eigenvalue weighted by Crippen LogP contribution is -2.65. The molecule has 2 aliphatic carbocycles. The molecule has 2 bridgehead atoms. The molecule has 0 amide bonds. The van der Waals surface area contributed by atoms with Crippen molar-refractivity contribution in [3.8, 4) is 17.2 Å². The number of allylic oxidation sites excluding steroid dienone is 2. The number of aliphatic hydroxyl groups is 1. The third-order valence-electron chi connectivity index (χ3n) is 12.1. The number of carbonyl (C=O) groups is 3. The third-order valence-corrected chi connectivity index (χ3v) is 12.1. The van der Waals surface area contributed by atoms with E-state index in [1.54, 1.807) is 27.7 Å². The molecule has 2 fully saturated rings. The number of ketones is 3. The van der Waals surface area contributed by atoms with Gasteiger partial charge in [-0.2, -0.15) is 0 Å². The Morgan fingerprint density at radius 1 is 0.872 bits per heavy atom. The van der Waals surface area contributed by atoms with E-state index in [9.17, 15) is 29.7 Å². The zero-order valence-electron chi connectivity index (χ0n) is 30.7. The Balaban J connectivity index is 1.96. The molecule has 47 heavy (non-hydrogen) atoms. The highest BCUT2D eigenvalue weighted by atomic mass is 16.7. The number of carbonyl (C=O) groups excluding carboxylic acids is 3. The van der Waals surface area contributed by atoms with Crippen LogP contribution in [0.4, 0.5) is 0 Å². The molecule has 1 aromatic carbocycles. The first-order valence-electron chi connectivity index (χ1n) is 16.9. The van der Waals surface area contributed by atoms with Gasteiger partial charge in [0.15, 0.2) is 17.3 Å². The van der Waals surface area contributed by atoms with Crippen molar-refractivity contribution in [2.45, 2.75) is 127 Å². The summed E-state index contributed by atoms with van der Waals surface area (Å²) < 4.78 is 13.8. The van der Waals surface area contributed by atoms with Crippen molar-refractivity contribution >= 4 is 17.3 Å². The smallest absolute Gasteiger partial charge is 0.223 e. The molecule has 4 atom stereocenters. The topological polar surface area (TPSA) is 130 Å². The van der Waals surface area contributed by atoms with Crippen molar-refractivity contribution in [3.63, 3.8) is 0 Å². The number of phenols is 2. The molecular formula is C39H54O8. The van der Waals surface area contributed by atoms with Crippen molar-refractivity contribution in [2.75, 3.05) is 0 Å². The average Bonchev–Trinajstić information content (AvgIpc) is 3.23. The average molecular weight is 651 g/mol. The number of benzene rings is 1. The zero-order valence-corrected chi connectivity index (χ0v) is 30.7. The van der Waals surface area contributed by atoms with Gasteiger partial charge < -0.3 is 24.8 Å². The fraction of sp³-hybridized carbons (Fsp3) is 0.667. The van der Waals surface area contributed by atoms with Crippen LogP contribution in [0, 0.1) is 39.4 Å². The normalized spacial score (nSPS) is 30.3. The molecule has 0 spiro atoms. The molecule has 8 nitrogen and oxygen atoms in total. The standard InChI is InChI=1S/C39H54O8/c1-17(2)21(23-31(43)36(10,11)33(45)37(12,13)32(23)44)22-28(41)24-26-20-16-34(6,7)47-39(20,38(14,15)19(5)35(26,8)9)46-30(24)25(29(22)42)27(40)18(3)4/h17-18,20-21,26,41-43H,5,16H2,1-4,6-15H3/t20-,21+,26?,39+/m0/s1. The van der Waals surface area contributed by atoms with E-state index in [2.05, 4.69) is 20.4 Å². The quantitative estimate of drug-likeness (QED) is 0.165. The Morgan fingerprint density at radius 3 is 1.94 bits per heavy atom. The van der Waals surface area contributed by atoms with Crippen molar-refractivity contribution in [1.29, 1.82) is 0 Å². The maximum Gasteiger partial charge on any atom is 0.223 e. The first kappa shape index (κ1) is 35.2. The van der Waals surface area contributed by atoms with Crippen LogP contribution in [-0.4, -0.2) is 44.1 Å². The molecule has 1 aromatic rings. The van der Waals surface area contributed by atoms with E-state index in [4.69, 9.17) is 9.47 Å². The van der Waals surface area contributed by atoms with Gasteiger partial charge in [-0.1, -0.05) is 53.7 Å². The number of Topliss-reactive ketones (excluding diaryl/α,β-unsaturated/α-hetero) is 3. The van der Waals surface area contributed by atoms with Crippen molar-refractivity contribution in [3.05, 3.63) is 40.2 Å². The van der Waals surface area contributed by atoms with Gasteiger partial charge in [0.1, 0.15) is 28.6 Å². The minimum atomic E-state index is -1.47. The predicted octanol–water partition coefficient (Wildman–Crippen LogP) is 8.30. The monoisotopic (exact) mass is 650 g/mol. The molecule has 2 aliphatic heterocycles. The van der Waals surface area contributed by atoms with Gasteiger partial charge in [-0.05, 0) is 73.1 Å². The molecule has 3 N–H and O–H groups in total. The Morgan fingerprint density at radius 2 is 1.43 bits per heavy atom. The molecule has 8 heteroatoms. The minimum absolute atomic E-state index is 0.0286. The van der Waals surface area contributed by atoms with Gasteiger partial charge in [-0.15, -0.1) is 0 Å². The van der Waals surface area contributed by atoms with Gasteiger partial charge in [0.05, 0.1) is 21.8 Å². The summed E-state index contributed by atoms with van der Waals surface area (Å²) in [6, 6.07) is 0. The first-order valence-corrected chi connectivity index (χ1v) is 16.9. The van der Waals surface area contributed by atoms with Crippen LogP contribution in [0.15, 0.2) is 23.5 Å². The fourth-order valence-electron chi connectivity index (χ4n) is 9.58. The molecule has 0 aromatic heterocycles. The number of phenolic OH excluding ortho intramolecular Hbond substituents is 2. The number of fused-ring (bicyclic) bond motifs is 2. The maximum absolute atomic E-state index is 14.2. The predicted molar refractivity (Wildman–Crippen MR) is 180 cm³/mol. The number of hydrogen-bond donors (Lipinski definition) is 3. The SMILES string of the molecule is C=C1C(C)(C)C2c3c(O)c([C@H](C4=C(O)C(C)(C)C(=O)C(C)(C)C4=O)C(C)C)c(O)c(C(=O)C(C)C)c3O[C@]3(OC(C)(C)C[C@@H]23)C1(C)C. The summed E-state index contributed by atoms with van der Waals surface area (Å²) in [4.78, 5) is 41.9. The molecule has 1 saturated heterocycles. The largest absolute Gasteiger partial charge is 0.511 e. The second-order valence-electron chi connectivity index (χ2n) is 17.9.